The van der Waals surface area contributed by atoms with E-state index in [1.165, 1.54) is 12.1 Å². The number of aryl methyl sites for hydroxylation is 1. The van der Waals surface area contributed by atoms with Crippen LogP contribution in [-0.2, 0) is 0 Å². The number of anilines is 1. The monoisotopic (exact) mass is 478 g/mol. The predicted molar refractivity (Wildman–Crippen MR) is 139 cm³/mol. The number of nitrogens with zero attached hydrogens (tertiary/aromatic N) is 5. The molecule has 0 radical (unpaired) electrons. The smallest absolute Gasteiger partial charge is 0.159 e. The van der Waals surface area contributed by atoms with Crippen molar-refractivity contribution in [3.05, 3.63) is 72.6 Å². The van der Waals surface area contributed by atoms with Crippen LogP contribution in [0.1, 0.15) is 19.4 Å². The van der Waals surface area contributed by atoms with Crippen LogP contribution in [-0.4, -0.2) is 41.2 Å². The summed E-state index contributed by atoms with van der Waals surface area (Å²) in [7, 11) is 0. The minimum atomic E-state index is -0.306. The van der Waals surface area contributed by atoms with Gasteiger partial charge in [-0.1, -0.05) is 0 Å². The van der Waals surface area contributed by atoms with Crippen molar-refractivity contribution in [1.29, 1.82) is 0 Å². The summed E-state index contributed by atoms with van der Waals surface area (Å²) in [6, 6.07) is 11.0. The fourth-order valence-electron chi connectivity index (χ4n) is 4.38. The number of hydrogen-bond donors (Lipinski definition) is 3. The van der Waals surface area contributed by atoms with Gasteiger partial charge in [0.2, 0.25) is 0 Å². The van der Waals surface area contributed by atoms with Crippen LogP contribution in [0.3, 0.4) is 0 Å². The van der Waals surface area contributed by atoms with E-state index in [-0.39, 0.29) is 5.82 Å². The van der Waals surface area contributed by atoms with E-state index in [9.17, 15) is 4.39 Å². The molecule has 0 aliphatic rings. The number of pyridine rings is 3. The molecule has 6 aromatic rings. The number of hydrogen-bond acceptors (Lipinski definition) is 6. The van der Waals surface area contributed by atoms with Gasteiger partial charge >= 0.3 is 0 Å². The van der Waals surface area contributed by atoms with Crippen LogP contribution in [0, 0.1) is 12.7 Å². The zero-order chi connectivity index (χ0) is 24.8. The summed E-state index contributed by atoms with van der Waals surface area (Å²) in [5.74, 6) is 0.282. The van der Waals surface area contributed by atoms with Gasteiger partial charge < -0.3 is 10.3 Å². The van der Waals surface area contributed by atoms with Crippen molar-refractivity contribution in [1.82, 2.24) is 35.1 Å². The number of imidazole rings is 1. The molecule has 1 aromatic carbocycles. The van der Waals surface area contributed by atoms with E-state index in [0.717, 1.165) is 38.9 Å². The van der Waals surface area contributed by atoms with Crippen LogP contribution in [0.5, 0.6) is 0 Å². The van der Waals surface area contributed by atoms with Gasteiger partial charge in [-0.3, -0.25) is 20.1 Å². The Labute approximate surface area is 206 Å². The van der Waals surface area contributed by atoms with Crippen molar-refractivity contribution in [2.75, 3.05) is 5.32 Å². The fraction of sp³-hybridized carbons (Fsp3) is 0.148. The molecule has 9 heteroatoms. The fourth-order valence-corrected chi connectivity index (χ4v) is 4.38. The largest absolute Gasteiger partial charge is 0.382 e. The van der Waals surface area contributed by atoms with E-state index in [2.05, 4.69) is 49.3 Å². The summed E-state index contributed by atoms with van der Waals surface area (Å²) in [6.07, 6.45) is 7.04. The summed E-state index contributed by atoms with van der Waals surface area (Å²) in [5.41, 5.74) is 7.61. The van der Waals surface area contributed by atoms with Crippen LogP contribution in [0.25, 0.3) is 56.0 Å². The van der Waals surface area contributed by atoms with Gasteiger partial charge in [-0.05, 0) is 62.7 Å². The molecule has 0 unspecified atom stereocenters. The summed E-state index contributed by atoms with van der Waals surface area (Å²) in [4.78, 5) is 21.6. The van der Waals surface area contributed by atoms with Crippen LogP contribution in [0.2, 0.25) is 0 Å². The van der Waals surface area contributed by atoms with Gasteiger partial charge in [0.05, 0.1) is 34.3 Å². The predicted octanol–water partition coefficient (Wildman–Crippen LogP) is 5.89. The second kappa shape index (κ2) is 8.53. The lowest BCUT2D eigenvalue weighted by Gasteiger charge is -2.10. The first-order valence-electron chi connectivity index (χ1n) is 11.6. The van der Waals surface area contributed by atoms with Gasteiger partial charge in [-0.25, -0.2) is 9.37 Å². The maximum Gasteiger partial charge on any atom is 0.159 e. The molecule has 0 saturated heterocycles. The maximum atomic E-state index is 14.1. The van der Waals surface area contributed by atoms with Crippen LogP contribution in [0.4, 0.5) is 10.1 Å². The molecule has 36 heavy (non-hydrogen) atoms. The number of aromatic nitrogens is 7. The number of benzene rings is 1. The standard InChI is InChI=1S/C27H23FN8/c1-14(2)32-19-9-17(11-29-12-19)22-10-20-23(13-31-22)35-36-25(20)27-33-21-4-5-30-24(26(21)34-27)16-6-15(3)7-18(28)8-16/h4-14,32H,1-3H3,(H,33,34)(H,35,36). The molecule has 178 valence electrons. The Balaban J connectivity index is 1.45. The quantitative estimate of drug-likeness (QED) is 0.285. The minimum Gasteiger partial charge on any atom is -0.382 e. The zero-order valence-corrected chi connectivity index (χ0v) is 20.0. The van der Waals surface area contributed by atoms with E-state index in [0.29, 0.717) is 34.3 Å². The number of rotatable bonds is 5. The zero-order valence-electron chi connectivity index (χ0n) is 20.0. The molecular formula is C27H23FN8. The molecule has 6 rings (SSSR count). The Morgan fingerprint density at radius 3 is 2.64 bits per heavy atom. The second-order valence-electron chi connectivity index (χ2n) is 9.11. The normalized spacial score (nSPS) is 11.6. The van der Waals surface area contributed by atoms with Gasteiger partial charge in [0.15, 0.2) is 5.82 Å². The third-order valence-corrected chi connectivity index (χ3v) is 5.88. The lowest BCUT2D eigenvalue weighted by molar-refractivity contribution is 0.627. The van der Waals surface area contributed by atoms with Gasteiger partial charge in [0.1, 0.15) is 17.0 Å². The molecule has 0 aliphatic carbocycles. The van der Waals surface area contributed by atoms with E-state index in [1.54, 1.807) is 24.8 Å². The van der Waals surface area contributed by atoms with Crippen molar-refractivity contribution in [3.8, 4) is 34.0 Å². The van der Waals surface area contributed by atoms with E-state index in [4.69, 9.17) is 4.98 Å². The first-order valence-corrected chi connectivity index (χ1v) is 11.6. The van der Waals surface area contributed by atoms with Crippen LogP contribution < -0.4 is 5.32 Å². The molecule has 0 saturated carbocycles. The molecule has 0 amide bonds. The lowest BCUT2D eigenvalue weighted by Crippen LogP contribution is -2.09. The van der Waals surface area contributed by atoms with E-state index < -0.39 is 0 Å². The third kappa shape index (κ3) is 3.94. The second-order valence-corrected chi connectivity index (χ2v) is 9.11. The Hall–Kier alpha value is -4.66. The highest BCUT2D eigenvalue weighted by Gasteiger charge is 2.17. The Morgan fingerprint density at radius 2 is 1.81 bits per heavy atom. The van der Waals surface area contributed by atoms with Crippen LogP contribution in [0.15, 0.2) is 61.2 Å². The molecule has 5 heterocycles. The van der Waals surface area contributed by atoms with Gasteiger partial charge in [-0.2, -0.15) is 5.10 Å². The van der Waals surface area contributed by atoms with E-state index in [1.807, 2.05) is 31.2 Å². The Bertz CT molecular complexity index is 1710. The lowest BCUT2D eigenvalue weighted by atomic mass is 10.1. The molecule has 0 fully saturated rings. The molecular weight excluding hydrogens is 455 g/mol. The summed E-state index contributed by atoms with van der Waals surface area (Å²) in [6.45, 7) is 6.02. The number of fused-ring (bicyclic) bond motifs is 2. The summed E-state index contributed by atoms with van der Waals surface area (Å²) < 4.78 is 14.1. The molecule has 0 bridgehead atoms. The summed E-state index contributed by atoms with van der Waals surface area (Å²) in [5, 5.41) is 11.8. The average Bonchev–Trinajstić information content (AvgIpc) is 3.46. The average molecular weight is 479 g/mol. The number of H-pyrrole nitrogens is 2. The SMILES string of the molecule is Cc1cc(F)cc(-c2nccc3[nH]c(-c4n[nH]c5cnc(-c6cncc(NC(C)C)c6)cc45)nc23)c1. The topological polar surface area (TPSA) is 108 Å². The molecule has 0 atom stereocenters. The molecule has 0 aliphatic heterocycles. The highest BCUT2D eigenvalue weighted by Crippen LogP contribution is 2.32. The van der Waals surface area contributed by atoms with Crippen molar-refractivity contribution in [2.45, 2.75) is 26.8 Å². The van der Waals surface area contributed by atoms with Gasteiger partial charge in [0, 0.05) is 41.1 Å². The van der Waals surface area contributed by atoms with Crippen molar-refractivity contribution in [3.63, 3.8) is 0 Å². The Kier molecular flexibility index (Phi) is 5.18. The molecule has 5 aromatic heterocycles. The Morgan fingerprint density at radius 1 is 0.917 bits per heavy atom. The molecule has 0 spiro atoms. The first kappa shape index (κ1) is 21.8. The first-order chi connectivity index (χ1) is 17.4. The number of nitrogens with one attached hydrogen (secondary N) is 3. The molecule has 8 nitrogen and oxygen atoms in total. The molecule has 3 N–H and O–H groups in total. The maximum absolute atomic E-state index is 14.1. The van der Waals surface area contributed by atoms with Crippen molar-refractivity contribution < 1.29 is 4.39 Å². The highest BCUT2D eigenvalue weighted by atomic mass is 19.1. The minimum absolute atomic E-state index is 0.293. The van der Waals surface area contributed by atoms with Crippen molar-refractivity contribution in [2.24, 2.45) is 0 Å². The third-order valence-electron chi connectivity index (χ3n) is 5.88. The van der Waals surface area contributed by atoms with E-state index >= 15 is 0 Å². The van der Waals surface area contributed by atoms with Gasteiger partial charge in [0.25, 0.3) is 0 Å². The summed E-state index contributed by atoms with van der Waals surface area (Å²) >= 11 is 0. The van der Waals surface area contributed by atoms with Crippen LogP contribution >= 0.6 is 0 Å². The van der Waals surface area contributed by atoms with Gasteiger partial charge in [-0.15, -0.1) is 0 Å². The van der Waals surface area contributed by atoms with Crippen molar-refractivity contribution >= 4 is 27.6 Å². The number of halogens is 1. The highest BCUT2D eigenvalue weighted by molar-refractivity contribution is 5.96. The number of aromatic amines is 2.